The van der Waals surface area contributed by atoms with Gasteiger partial charge < -0.3 is 5.32 Å². The SMILES string of the molecule is C[C@H](C(=O)NCc1ccccc1)c1ccc([N+](=O)[O-])cc1. The van der Waals surface area contributed by atoms with E-state index in [9.17, 15) is 14.9 Å². The number of rotatable bonds is 5. The van der Waals surface area contributed by atoms with Crippen molar-refractivity contribution in [3.05, 3.63) is 75.8 Å². The highest BCUT2D eigenvalue weighted by Crippen LogP contribution is 2.19. The summed E-state index contributed by atoms with van der Waals surface area (Å²) in [6.45, 7) is 2.25. The minimum Gasteiger partial charge on any atom is -0.352 e. The molecule has 21 heavy (non-hydrogen) atoms. The summed E-state index contributed by atoms with van der Waals surface area (Å²) < 4.78 is 0. The highest BCUT2D eigenvalue weighted by molar-refractivity contribution is 5.83. The topological polar surface area (TPSA) is 72.2 Å². The maximum absolute atomic E-state index is 12.1. The van der Waals surface area contributed by atoms with Crippen LogP contribution in [0.1, 0.15) is 24.0 Å². The fourth-order valence-electron chi connectivity index (χ4n) is 1.97. The molecule has 5 heteroatoms. The second-order valence-corrected chi connectivity index (χ2v) is 4.77. The molecule has 0 aliphatic carbocycles. The van der Waals surface area contributed by atoms with Gasteiger partial charge >= 0.3 is 0 Å². The van der Waals surface area contributed by atoms with Gasteiger partial charge in [-0.2, -0.15) is 0 Å². The van der Waals surface area contributed by atoms with Crippen LogP contribution in [0.5, 0.6) is 0 Å². The molecule has 108 valence electrons. The molecular weight excluding hydrogens is 268 g/mol. The van der Waals surface area contributed by atoms with Gasteiger partial charge in [-0.1, -0.05) is 42.5 Å². The summed E-state index contributed by atoms with van der Waals surface area (Å²) >= 11 is 0. The van der Waals surface area contributed by atoms with Crippen LogP contribution in [-0.4, -0.2) is 10.8 Å². The molecule has 2 rings (SSSR count). The molecule has 0 spiro atoms. The second-order valence-electron chi connectivity index (χ2n) is 4.77. The van der Waals surface area contributed by atoms with Crippen LogP contribution >= 0.6 is 0 Å². The predicted molar refractivity (Wildman–Crippen MR) is 79.8 cm³/mol. The van der Waals surface area contributed by atoms with Crippen molar-refractivity contribution in [2.24, 2.45) is 0 Å². The molecule has 0 unspecified atom stereocenters. The number of nitrogens with zero attached hydrogens (tertiary/aromatic N) is 1. The Balaban J connectivity index is 1.97. The number of amides is 1. The van der Waals surface area contributed by atoms with Crippen molar-refractivity contribution in [2.45, 2.75) is 19.4 Å². The lowest BCUT2D eigenvalue weighted by Gasteiger charge is -2.12. The van der Waals surface area contributed by atoms with Crippen molar-refractivity contribution in [3.63, 3.8) is 0 Å². The summed E-state index contributed by atoms with van der Waals surface area (Å²) in [6.07, 6.45) is 0. The third-order valence-electron chi connectivity index (χ3n) is 3.31. The third-order valence-corrected chi connectivity index (χ3v) is 3.31. The average Bonchev–Trinajstić information content (AvgIpc) is 2.53. The fourth-order valence-corrected chi connectivity index (χ4v) is 1.97. The monoisotopic (exact) mass is 284 g/mol. The fraction of sp³-hybridized carbons (Fsp3) is 0.188. The normalized spacial score (nSPS) is 11.7. The first-order valence-corrected chi connectivity index (χ1v) is 6.64. The molecule has 1 atom stereocenters. The number of non-ortho nitro benzene ring substituents is 1. The maximum Gasteiger partial charge on any atom is 0.269 e. The average molecular weight is 284 g/mol. The number of hydrogen-bond donors (Lipinski definition) is 1. The lowest BCUT2D eigenvalue weighted by atomic mass is 10.00. The van der Waals surface area contributed by atoms with Crippen LogP contribution in [0, 0.1) is 10.1 Å². The van der Waals surface area contributed by atoms with Crippen LogP contribution in [0.4, 0.5) is 5.69 Å². The Labute approximate surface area is 122 Å². The van der Waals surface area contributed by atoms with Crippen molar-refractivity contribution < 1.29 is 9.72 Å². The van der Waals surface area contributed by atoms with Gasteiger partial charge in [0.05, 0.1) is 10.8 Å². The zero-order valence-corrected chi connectivity index (χ0v) is 11.7. The first-order valence-electron chi connectivity index (χ1n) is 6.64. The van der Waals surface area contributed by atoms with Gasteiger partial charge in [-0.05, 0) is 18.1 Å². The third kappa shape index (κ3) is 3.89. The van der Waals surface area contributed by atoms with Crippen molar-refractivity contribution in [1.29, 1.82) is 0 Å². The molecule has 0 radical (unpaired) electrons. The van der Waals surface area contributed by atoms with E-state index in [0.717, 1.165) is 11.1 Å². The Morgan fingerprint density at radius 1 is 1.14 bits per heavy atom. The quantitative estimate of drug-likeness (QED) is 0.677. The Bertz CT molecular complexity index is 624. The van der Waals surface area contributed by atoms with Gasteiger partial charge in [0.15, 0.2) is 0 Å². The van der Waals surface area contributed by atoms with E-state index in [1.54, 1.807) is 19.1 Å². The van der Waals surface area contributed by atoms with Gasteiger partial charge in [0.25, 0.3) is 5.69 Å². The summed E-state index contributed by atoms with van der Waals surface area (Å²) in [7, 11) is 0. The number of carbonyl (C=O) groups excluding carboxylic acids is 1. The van der Waals surface area contributed by atoms with E-state index >= 15 is 0 Å². The van der Waals surface area contributed by atoms with Gasteiger partial charge in [0, 0.05) is 18.7 Å². The summed E-state index contributed by atoms with van der Waals surface area (Å²) in [5.41, 5.74) is 1.81. The Kier molecular flexibility index (Phi) is 4.66. The van der Waals surface area contributed by atoms with E-state index in [-0.39, 0.29) is 17.5 Å². The molecule has 0 aliphatic heterocycles. The number of nitro benzene ring substituents is 1. The largest absolute Gasteiger partial charge is 0.352 e. The molecule has 0 aliphatic rings. The number of hydrogen-bond acceptors (Lipinski definition) is 3. The lowest BCUT2D eigenvalue weighted by Crippen LogP contribution is -2.27. The smallest absolute Gasteiger partial charge is 0.269 e. The molecule has 0 heterocycles. The van der Waals surface area contributed by atoms with E-state index < -0.39 is 4.92 Å². The number of nitrogens with one attached hydrogen (secondary N) is 1. The molecule has 0 fully saturated rings. The summed E-state index contributed by atoms with van der Waals surface area (Å²) in [5, 5.41) is 13.5. The second kappa shape index (κ2) is 6.65. The lowest BCUT2D eigenvalue weighted by molar-refractivity contribution is -0.384. The molecule has 0 saturated carbocycles. The zero-order chi connectivity index (χ0) is 15.2. The van der Waals surface area contributed by atoms with E-state index in [0.29, 0.717) is 6.54 Å². The van der Waals surface area contributed by atoms with Crippen molar-refractivity contribution in [2.75, 3.05) is 0 Å². The molecule has 0 bridgehead atoms. The van der Waals surface area contributed by atoms with E-state index in [2.05, 4.69) is 5.32 Å². The first-order chi connectivity index (χ1) is 10.1. The zero-order valence-electron chi connectivity index (χ0n) is 11.7. The standard InChI is InChI=1S/C16H16N2O3/c1-12(14-7-9-15(10-8-14)18(20)21)16(19)17-11-13-5-3-2-4-6-13/h2-10,12H,11H2,1H3,(H,17,19)/t12-/m0/s1. The van der Waals surface area contributed by atoms with Gasteiger partial charge in [-0.3, -0.25) is 14.9 Å². The number of carbonyl (C=O) groups is 1. The van der Waals surface area contributed by atoms with Crippen LogP contribution in [0.15, 0.2) is 54.6 Å². The molecule has 0 saturated heterocycles. The van der Waals surface area contributed by atoms with Gasteiger partial charge in [-0.15, -0.1) is 0 Å². The minimum absolute atomic E-state index is 0.0237. The summed E-state index contributed by atoms with van der Waals surface area (Å²) in [6, 6.07) is 15.7. The molecular formula is C16H16N2O3. The van der Waals surface area contributed by atoms with Crippen molar-refractivity contribution in [3.8, 4) is 0 Å². The van der Waals surface area contributed by atoms with Crippen LogP contribution in [0.2, 0.25) is 0 Å². The van der Waals surface area contributed by atoms with Gasteiger partial charge in [-0.25, -0.2) is 0 Å². The van der Waals surface area contributed by atoms with Crippen LogP contribution in [0.25, 0.3) is 0 Å². The molecule has 5 nitrogen and oxygen atoms in total. The first kappa shape index (κ1) is 14.7. The number of benzene rings is 2. The molecule has 1 N–H and O–H groups in total. The molecule has 0 aromatic heterocycles. The number of nitro groups is 1. The Morgan fingerprint density at radius 2 is 1.76 bits per heavy atom. The summed E-state index contributed by atoms with van der Waals surface area (Å²) in [5.74, 6) is -0.456. The van der Waals surface area contributed by atoms with Crippen LogP contribution < -0.4 is 5.32 Å². The molecule has 2 aromatic carbocycles. The van der Waals surface area contributed by atoms with E-state index in [1.807, 2.05) is 30.3 Å². The van der Waals surface area contributed by atoms with Crippen LogP contribution in [-0.2, 0) is 11.3 Å². The Hall–Kier alpha value is -2.69. The Morgan fingerprint density at radius 3 is 2.33 bits per heavy atom. The maximum atomic E-state index is 12.1. The predicted octanol–water partition coefficient (Wildman–Crippen LogP) is 3.01. The summed E-state index contributed by atoms with van der Waals surface area (Å²) in [4.78, 5) is 22.2. The molecule has 1 amide bonds. The van der Waals surface area contributed by atoms with Gasteiger partial charge in [0.2, 0.25) is 5.91 Å². The highest BCUT2D eigenvalue weighted by atomic mass is 16.6. The molecule has 2 aromatic rings. The van der Waals surface area contributed by atoms with Crippen LogP contribution in [0.3, 0.4) is 0 Å². The van der Waals surface area contributed by atoms with Crippen molar-refractivity contribution >= 4 is 11.6 Å². The van der Waals surface area contributed by atoms with E-state index in [4.69, 9.17) is 0 Å². The van der Waals surface area contributed by atoms with E-state index in [1.165, 1.54) is 12.1 Å². The van der Waals surface area contributed by atoms with Gasteiger partial charge in [0.1, 0.15) is 0 Å². The minimum atomic E-state index is -0.454. The highest BCUT2D eigenvalue weighted by Gasteiger charge is 2.16. The van der Waals surface area contributed by atoms with Crippen molar-refractivity contribution in [1.82, 2.24) is 5.32 Å².